The maximum absolute atomic E-state index is 9.89. The molecule has 1 aromatic heterocycles. The molecule has 112 valence electrons. The van der Waals surface area contributed by atoms with Crippen LogP contribution in [0.25, 0.3) is 11.4 Å². The number of hydrogen-bond donors (Lipinski definition) is 3. The lowest BCUT2D eigenvalue weighted by atomic mass is 9.98. The summed E-state index contributed by atoms with van der Waals surface area (Å²) in [4.78, 5) is 6.75. The van der Waals surface area contributed by atoms with Gasteiger partial charge in [0.2, 0.25) is 5.95 Å². The van der Waals surface area contributed by atoms with Crippen LogP contribution in [-0.2, 0) is 0 Å². The average molecular weight is 287 g/mol. The van der Waals surface area contributed by atoms with Crippen molar-refractivity contribution in [1.29, 1.82) is 0 Å². The Kier molecular flexibility index (Phi) is 4.06. The van der Waals surface area contributed by atoms with Gasteiger partial charge in [-0.25, -0.2) is 0 Å². The van der Waals surface area contributed by atoms with Gasteiger partial charge < -0.3 is 15.3 Å². The Balaban J connectivity index is 1.77. The van der Waals surface area contributed by atoms with Crippen molar-refractivity contribution in [3.05, 3.63) is 24.3 Å². The number of aromatic amines is 1. The number of hydrogen-bond acceptors (Lipinski definition) is 5. The van der Waals surface area contributed by atoms with Crippen LogP contribution >= 0.6 is 0 Å². The molecule has 2 heterocycles. The molecule has 3 rings (SSSR count). The summed E-state index contributed by atoms with van der Waals surface area (Å²) < 4.78 is 0. The summed E-state index contributed by atoms with van der Waals surface area (Å²) in [6.45, 7) is 2.98. The molecular formula is C15H21N5O. The van der Waals surface area contributed by atoms with Crippen LogP contribution in [0.15, 0.2) is 24.3 Å². The monoisotopic (exact) mass is 287 g/mol. The van der Waals surface area contributed by atoms with Gasteiger partial charge >= 0.3 is 0 Å². The number of phenols is 1. The summed E-state index contributed by atoms with van der Waals surface area (Å²) in [5.41, 5.74) is 0.681. The highest BCUT2D eigenvalue weighted by molar-refractivity contribution is 5.64. The number of H-pyrrole nitrogens is 1. The highest BCUT2D eigenvalue weighted by Gasteiger charge is 2.22. The fraction of sp³-hybridized carbons (Fsp3) is 0.467. The number of anilines is 1. The molecule has 0 spiro atoms. The largest absolute Gasteiger partial charge is 0.507 e. The number of rotatable bonds is 4. The van der Waals surface area contributed by atoms with E-state index in [1.807, 2.05) is 19.2 Å². The van der Waals surface area contributed by atoms with Crippen LogP contribution in [0, 0.1) is 5.92 Å². The number of aromatic nitrogens is 3. The molecule has 0 bridgehead atoms. The van der Waals surface area contributed by atoms with Gasteiger partial charge in [-0.1, -0.05) is 12.1 Å². The molecule has 0 aliphatic carbocycles. The molecular weight excluding hydrogens is 266 g/mol. The van der Waals surface area contributed by atoms with E-state index >= 15 is 0 Å². The second-order valence-electron chi connectivity index (χ2n) is 5.51. The Hall–Kier alpha value is -2.08. The van der Waals surface area contributed by atoms with Gasteiger partial charge in [-0.05, 0) is 44.5 Å². The Morgan fingerprint density at radius 1 is 1.43 bits per heavy atom. The van der Waals surface area contributed by atoms with E-state index in [9.17, 15) is 5.11 Å². The maximum atomic E-state index is 9.89. The minimum absolute atomic E-state index is 0.215. The molecule has 1 aromatic carbocycles. The van der Waals surface area contributed by atoms with Gasteiger partial charge in [0.05, 0.1) is 5.56 Å². The van der Waals surface area contributed by atoms with Gasteiger partial charge in [0.1, 0.15) is 5.75 Å². The number of aromatic hydroxyl groups is 1. The predicted octanol–water partition coefficient (Wildman–Crippen LogP) is 1.61. The van der Waals surface area contributed by atoms with Crippen LogP contribution in [0.1, 0.15) is 12.8 Å². The first-order chi connectivity index (χ1) is 10.3. The van der Waals surface area contributed by atoms with Crippen molar-refractivity contribution in [2.75, 3.05) is 31.6 Å². The Morgan fingerprint density at radius 3 is 3.10 bits per heavy atom. The van der Waals surface area contributed by atoms with E-state index < -0.39 is 0 Å². The fourth-order valence-electron chi connectivity index (χ4n) is 2.89. The number of piperidine rings is 1. The van der Waals surface area contributed by atoms with Crippen molar-refractivity contribution in [2.24, 2.45) is 5.92 Å². The standard InChI is InChI=1S/C15H21N5O/c1-16-9-11-5-4-8-20(10-11)15-17-14(18-19-15)12-6-2-3-7-13(12)21/h2-3,6-7,11,16,21H,4-5,8-10H2,1H3,(H,17,18,19). The van der Waals surface area contributed by atoms with Gasteiger partial charge in [0.15, 0.2) is 5.82 Å². The van der Waals surface area contributed by atoms with E-state index in [0.29, 0.717) is 23.3 Å². The normalized spacial score (nSPS) is 18.9. The van der Waals surface area contributed by atoms with Gasteiger partial charge in [-0.15, -0.1) is 5.10 Å². The lowest BCUT2D eigenvalue weighted by molar-refractivity contribution is 0.399. The van der Waals surface area contributed by atoms with E-state index in [1.54, 1.807) is 12.1 Å². The third kappa shape index (κ3) is 3.00. The Bertz CT molecular complexity index is 595. The summed E-state index contributed by atoms with van der Waals surface area (Å²) in [6, 6.07) is 7.16. The second kappa shape index (κ2) is 6.13. The van der Waals surface area contributed by atoms with Gasteiger partial charge in [-0.2, -0.15) is 4.98 Å². The minimum Gasteiger partial charge on any atom is -0.507 e. The summed E-state index contributed by atoms with van der Waals surface area (Å²) in [5.74, 6) is 2.18. The third-order valence-corrected chi connectivity index (χ3v) is 3.93. The summed E-state index contributed by atoms with van der Waals surface area (Å²) >= 11 is 0. The highest BCUT2D eigenvalue weighted by Crippen LogP contribution is 2.27. The van der Waals surface area contributed by atoms with E-state index in [0.717, 1.165) is 26.1 Å². The molecule has 0 radical (unpaired) electrons. The van der Waals surface area contributed by atoms with Crippen LogP contribution in [0.3, 0.4) is 0 Å². The number of phenolic OH excluding ortho intramolecular Hbond substituents is 1. The molecule has 3 N–H and O–H groups in total. The van der Waals surface area contributed by atoms with E-state index in [4.69, 9.17) is 0 Å². The quantitative estimate of drug-likeness (QED) is 0.796. The van der Waals surface area contributed by atoms with E-state index in [-0.39, 0.29) is 5.75 Å². The van der Waals surface area contributed by atoms with Crippen molar-refractivity contribution < 1.29 is 5.11 Å². The lowest BCUT2D eigenvalue weighted by Gasteiger charge is -2.31. The molecule has 6 heteroatoms. The number of nitrogens with one attached hydrogen (secondary N) is 2. The molecule has 0 saturated carbocycles. The number of benzene rings is 1. The van der Waals surface area contributed by atoms with Crippen molar-refractivity contribution in [3.8, 4) is 17.1 Å². The SMILES string of the molecule is CNCC1CCCN(c2n[nH]c(-c3ccccc3O)n2)C1. The highest BCUT2D eigenvalue weighted by atomic mass is 16.3. The van der Waals surface area contributed by atoms with E-state index in [1.165, 1.54) is 6.42 Å². The summed E-state index contributed by atoms with van der Waals surface area (Å²) in [6.07, 6.45) is 2.40. The molecule has 1 saturated heterocycles. The third-order valence-electron chi connectivity index (χ3n) is 3.93. The van der Waals surface area contributed by atoms with Gasteiger partial charge in [-0.3, -0.25) is 5.10 Å². The van der Waals surface area contributed by atoms with Crippen LogP contribution < -0.4 is 10.2 Å². The molecule has 1 aliphatic heterocycles. The zero-order chi connectivity index (χ0) is 14.7. The van der Waals surface area contributed by atoms with Crippen LogP contribution in [0.2, 0.25) is 0 Å². The topological polar surface area (TPSA) is 77.1 Å². The molecule has 1 aliphatic rings. The first-order valence-corrected chi connectivity index (χ1v) is 7.38. The minimum atomic E-state index is 0.215. The molecule has 6 nitrogen and oxygen atoms in total. The summed E-state index contributed by atoms with van der Waals surface area (Å²) in [5, 5.41) is 20.4. The number of para-hydroxylation sites is 1. The number of nitrogens with zero attached hydrogens (tertiary/aromatic N) is 3. The molecule has 1 unspecified atom stereocenters. The predicted molar refractivity (Wildman–Crippen MR) is 82.3 cm³/mol. The fourth-order valence-corrected chi connectivity index (χ4v) is 2.89. The molecule has 2 aromatic rings. The van der Waals surface area contributed by atoms with Crippen molar-refractivity contribution >= 4 is 5.95 Å². The Labute approximate surface area is 124 Å². The zero-order valence-electron chi connectivity index (χ0n) is 12.2. The van der Waals surface area contributed by atoms with Gasteiger partial charge in [0, 0.05) is 13.1 Å². The van der Waals surface area contributed by atoms with Crippen molar-refractivity contribution in [1.82, 2.24) is 20.5 Å². The second-order valence-corrected chi connectivity index (χ2v) is 5.51. The zero-order valence-corrected chi connectivity index (χ0v) is 12.2. The van der Waals surface area contributed by atoms with Crippen LogP contribution in [0.4, 0.5) is 5.95 Å². The van der Waals surface area contributed by atoms with Gasteiger partial charge in [0.25, 0.3) is 0 Å². The average Bonchev–Trinajstić information content (AvgIpc) is 2.98. The summed E-state index contributed by atoms with van der Waals surface area (Å²) in [7, 11) is 1.99. The molecule has 1 fully saturated rings. The smallest absolute Gasteiger partial charge is 0.245 e. The van der Waals surface area contributed by atoms with Crippen molar-refractivity contribution in [3.63, 3.8) is 0 Å². The first kappa shape index (κ1) is 13.9. The molecule has 1 atom stereocenters. The molecule has 0 amide bonds. The first-order valence-electron chi connectivity index (χ1n) is 7.38. The molecule has 21 heavy (non-hydrogen) atoms. The maximum Gasteiger partial charge on any atom is 0.245 e. The van der Waals surface area contributed by atoms with Crippen LogP contribution in [0.5, 0.6) is 5.75 Å². The lowest BCUT2D eigenvalue weighted by Crippen LogP contribution is -2.39. The van der Waals surface area contributed by atoms with Crippen LogP contribution in [-0.4, -0.2) is 47.0 Å². The van der Waals surface area contributed by atoms with E-state index in [2.05, 4.69) is 25.4 Å². The van der Waals surface area contributed by atoms with Crippen molar-refractivity contribution in [2.45, 2.75) is 12.8 Å². The Morgan fingerprint density at radius 2 is 2.29 bits per heavy atom.